The molecule has 0 aromatic rings. The van der Waals surface area contributed by atoms with E-state index in [1.54, 1.807) is 6.08 Å². The lowest BCUT2D eigenvalue weighted by Gasteiger charge is -2.31. The molecule has 0 bridgehead atoms. The highest BCUT2D eigenvalue weighted by atomic mass is 19.1. The van der Waals surface area contributed by atoms with Gasteiger partial charge in [0, 0.05) is 0 Å². The molecule has 0 radical (unpaired) electrons. The van der Waals surface area contributed by atoms with Crippen LogP contribution in [0.2, 0.25) is 0 Å². The van der Waals surface area contributed by atoms with Crippen molar-refractivity contribution >= 4 is 0 Å². The van der Waals surface area contributed by atoms with E-state index in [0.717, 1.165) is 17.8 Å². The zero-order valence-electron chi connectivity index (χ0n) is 16.1. The van der Waals surface area contributed by atoms with Crippen LogP contribution in [0, 0.1) is 35.0 Å². The number of rotatable bonds is 8. The van der Waals surface area contributed by atoms with Gasteiger partial charge in [-0.25, -0.2) is 0 Å². The van der Waals surface area contributed by atoms with Crippen LogP contribution in [0.1, 0.15) is 90.4 Å². The van der Waals surface area contributed by atoms with Crippen LogP contribution >= 0.6 is 0 Å². The summed E-state index contributed by atoms with van der Waals surface area (Å²) in [6, 6.07) is 1.51. The number of hydrogen-bond donors (Lipinski definition) is 0. The highest BCUT2D eigenvalue weighted by Crippen LogP contribution is 2.37. The van der Waals surface area contributed by atoms with Crippen molar-refractivity contribution in [3.63, 3.8) is 0 Å². The third-order valence-electron chi connectivity index (χ3n) is 6.54. The van der Waals surface area contributed by atoms with Crippen molar-refractivity contribution in [2.75, 3.05) is 0 Å². The predicted octanol–water partition coefficient (Wildman–Crippen LogP) is 7.50. The average molecular weight is 346 g/mol. The number of allylic oxidation sites excluding steroid dienone is 4. The molecule has 2 aliphatic carbocycles. The minimum atomic E-state index is -0.700. The third-order valence-corrected chi connectivity index (χ3v) is 6.54. The van der Waals surface area contributed by atoms with Gasteiger partial charge >= 0.3 is 0 Å². The Labute approximate surface area is 154 Å². The smallest absolute Gasteiger partial charge is 0.195 e. The first-order valence-corrected chi connectivity index (χ1v) is 10.6. The first-order chi connectivity index (χ1) is 12.2. The van der Waals surface area contributed by atoms with E-state index in [4.69, 9.17) is 5.26 Å². The fourth-order valence-corrected chi connectivity index (χ4v) is 4.78. The molecule has 0 atom stereocenters. The molecule has 1 nitrogen and oxygen atoms in total. The quantitative estimate of drug-likeness (QED) is 0.330. The monoisotopic (exact) mass is 345 g/mol. The van der Waals surface area contributed by atoms with Crippen molar-refractivity contribution in [2.45, 2.75) is 90.4 Å². The summed E-state index contributed by atoms with van der Waals surface area (Å²) in [4.78, 5) is 0. The van der Waals surface area contributed by atoms with Crippen molar-refractivity contribution in [3.8, 4) is 6.07 Å². The van der Waals surface area contributed by atoms with Crippen LogP contribution in [0.25, 0.3) is 0 Å². The summed E-state index contributed by atoms with van der Waals surface area (Å²) in [5.41, 5.74) is 0. The zero-order valence-corrected chi connectivity index (χ0v) is 16.1. The summed E-state index contributed by atoms with van der Waals surface area (Å²) in [6.45, 7) is 2.30. The van der Waals surface area contributed by atoms with Gasteiger partial charge in [-0.05, 0) is 55.4 Å². The van der Waals surface area contributed by atoms with Crippen LogP contribution in [-0.4, -0.2) is 0 Å². The zero-order chi connectivity index (χ0) is 17.9. The van der Waals surface area contributed by atoms with Gasteiger partial charge in [0.05, 0.1) is 0 Å². The van der Waals surface area contributed by atoms with E-state index in [0.29, 0.717) is 5.92 Å². The molecule has 0 heterocycles. The molecule has 25 heavy (non-hydrogen) atoms. The molecule has 2 aliphatic rings. The molecule has 2 rings (SSSR count). The van der Waals surface area contributed by atoms with Crippen molar-refractivity contribution < 1.29 is 4.39 Å². The third kappa shape index (κ3) is 7.76. The maximum atomic E-state index is 12.8. The molecule has 0 aliphatic heterocycles. The normalized spacial score (nSPS) is 31.2. The summed E-state index contributed by atoms with van der Waals surface area (Å²) in [7, 11) is 0. The fourth-order valence-electron chi connectivity index (χ4n) is 4.78. The lowest BCUT2D eigenvalue weighted by molar-refractivity contribution is 0.220. The van der Waals surface area contributed by atoms with E-state index < -0.39 is 5.83 Å². The summed E-state index contributed by atoms with van der Waals surface area (Å²) in [5, 5.41) is 8.40. The van der Waals surface area contributed by atoms with Gasteiger partial charge in [-0.3, -0.25) is 0 Å². The maximum absolute atomic E-state index is 12.8. The van der Waals surface area contributed by atoms with Crippen LogP contribution in [0.3, 0.4) is 0 Å². The number of nitriles is 1. The molecule has 0 saturated heterocycles. The minimum Gasteiger partial charge on any atom is -0.195 e. The van der Waals surface area contributed by atoms with Gasteiger partial charge in [-0.2, -0.15) is 9.65 Å². The van der Waals surface area contributed by atoms with Gasteiger partial charge in [0.25, 0.3) is 0 Å². The van der Waals surface area contributed by atoms with Crippen molar-refractivity contribution in [1.29, 1.82) is 5.26 Å². The molecule has 2 heteroatoms. The SMILES string of the molecule is CCCC[C@H]1CC[C@H](CCC2CCC(C=CC=C(F)C#N)CC2)CC1. The Balaban J connectivity index is 1.58. The summed E-state index contributed by atoms with van der Waals surface area (Å²) >= 11 is 0. The molecule has 0 unspecified atom stereocenters. The Hall–Kier alpha value is -1.10. The lowest BCUT2D eigenvalue weighted by Crippen LogP contribution is -2.17. The topological polar surface area (TPSA) is 23.8 Å². The molecule has 0 aromatic heterocycles. The maximum Gasteiger partial charge on any atom is 0.199 e. The van der Waals surface area contributed by atoms with Crippen LogP contribution < -0.4 is 0 Å². The second-order valence-electron chi connectivity index (χ2n) is 8.40. The number of halogens is 1. The standard InChI is InChI=1S/C23H36FN/c1-2-3-5-19-8-12-21(13-9-19)16-17-22-14-10-20(11-15-22)6-4-7-23(24)18-25/h4,6-7,19-22H,2-3,5,8-17H2,1H3/t19-,20?,21-,22?. The van der Waals surface area contributed by atoms with Crippen molar-refractivity contribution in [2.24, 2.45) is 23.7 Å². The lowest BCUT2D eigenvalue weighted by atomic mass is 9.75. The molecule has 0 amide bonds. The summed E-state index contributed by atoms with van der Waals surface area (Å²) < 4.78 is 12.8. The van der Waals surface area contributed by atoms with Gasteiger partial charge in [0.15, 0.2) is 5.83 Å². The molecule has 0 N–H and O–H groups in total. The van der Waals surface area contributed by atoms with Crippen LogP contribution in [0.4, 0.5) is 4.39 Å². The number of hydrogen-bond acceptors (Lipinski definition) is 1. The largest absolute Gasteiger partial charge is 0.199 e. The van der Waals surface area contributed by atoms with Gasteiger partial charge in [0.1, 0.15) is 6.07 Å². The molecular weight excluding hydrogens is 309 g/mol. The Bertz CT molecular complexity index is 457. The van der Waals surface area contributed by atoms with Crippen LogP contribution in [0.5, 0.6) is 0 Å². The predicted molar refractivity (Wildman–Crippen MR) is 104 cm³/mol. The molecule has 0 aromatic carbocycles. The average Bonchev–Trinajstić information content (AvgIpc) is 2.66. The Kier molecular flexibility index (Phi) is 9.30. The van der Waals surface area contributed by atoms with Gasteiger partial charge in [-0.1, -0.05) is 76.9 Å². The highest BCUT2D eigenvalue weighted by molar-refractivity contribution is 5.19. The van der Waals surface area contributed by atoms with Crippen LogP contribution in [0.15, 0.2) is 24.1 Å². The highest BCUT2D eigenvalue weighted by Gasteiger charge is 2.23. The Morgan fingerprint density at radius 3 is 1.96 bits per heavy atom. The van der Waals surface area contributed by atoms with E-state index in [1.165, 1.54) is 95.6 Å². The van der Waals surface area contributed by atoms with Gasteiger partial charge in [-0.15, -0.1) is 0 Å². The molecule has 0 spiro atoms. The Morgan fingerprint density at radius 1 is 0.920 bits per heavy atom. The first kappa shape index (κ1) is 20.2. The summed E-state index contributed by atoms with van der Waals surface area (Å²) in [6.07, 6.45) is 23.2. The van der Waals surface area contributed by atoms with E-state index in [-0.39, 0.29) is 0 Å². The molecule has 2 fully saturated rings. The van der Waals surface area contributed by atoms with E-state index in [9.17, 15) is 4.39 Å². The molecule has 2 saturated carbocycles. The van der Waals surface area contributed by atoms with Gasteiger partial charge in [0.2, 0.25) is 0 Å². The summed E-state index contributed by atoms with van der Waals surface area (Å²) in [5.74, 6) is 2.81. The van der Waals surface area contributed by atoms with Crippen molar-refractivity contribution in [1.82, 2.24) is 0 Å². The fraction of sp³-hybridized carbons (Fsp3) is 0.783. The first-order valence-electron chi connectivity index (χ1n) is 10.6. The minimum absolute atomic E-state index is 0.577. The number of unbranched alkanes of at least 4 members (excludes halogenated alkanes) is 1. The van der Waals surface area contributed by atoms with Crippen molar-refractivity contribution in [3.05, 3.63) is 24.1 Å². The van der Waals surface area contributed by atoms with E-state index in [1.807, 2.05) is 0 Å². The van der Waals surface area contributed by atoms with Crippen LogP contribution in [-0.2, 0) is 0 Å². The molecular formula is C23H36FN. The van der Waals surface area contributed by atoms with E-state index >= 15 is 0 Å². The molecule has 140 valence electrons. The van der Waals surface area contributed by atoms with E-state index in [2.05, 4.69) is 13.0 Å². The van der Waals surface area contributed by atoms with Gasteiger partial charge < -0.3 is 0 Å². The second-order valence-corrected chi connectivity index (χ2v) is 8.40. The Morgan fingerprint density at radius 2 is 1.44 bits per heavy atom. The second kappa shape index (κ2) is 11.5. The number of nitrogens with zero attached hydrogens (tertiary/aromatic N) is 1.